The standard InChI is InChI=1S/C18H19ClN4O2S/c1-3-23-13-7-6-11(19)9-12(13)10(2)15(23)16(24)20-18-22-21-17(26-18)14-5-4-8-25-14/h6-7,9,14H,3-5,8H2,1-2H3,(H,20,22,24). The van der Waals surface area contributed by atoms with Crippen LogP contribution >= 0.6 is 22.9 Å². The first kappa shape index (κ1) is 17.5. The highest BCUT2D eigenvalue weighted by Gasteiger charge is 2.24. The molecule has 1 N–H and O–H groups in total. The Morgan fingerprint density at radius 3 is 3.04 bits per heavy atom. The molecule has 1 saturated heterocycles. The number of ether oxygens (including phenoxy) is 1. The van der Waals surface area contributed by atoms with Crippen molar-refractivity contribution in [1.82, 2.24) is 14.8 Å². The Labute approximate surface area is 160 Å². The number of aryl methyl sites for hydroxylation is 2. The number of hydrogen-bond acceptors (Lipinski definition) is 5. The summed E-state index contributed by atoms with van der Waals surface area (Å²) in [5.74, 6) is -0.188. The first-order chi connectivity index (χ1) is 12.6. The second kappa shape index (κ2) is 6.98. The quantitative estimate of drug-likeness (QED) is 0.708. The Morgan fingerprint density at radius 2 is 2.31 bits per heavy atom. The Balaban J connectivity index is 1.65. The summed E-state index contributed by atoms with van der Waals surface area (Å²) in [5.41, 5.74) is 2.53. The van der Waals surface area contributed by atoms with Crippen molar-refractivity contribution in [3.63, 3.8) is 0 Å². The largest absolute Gasteiger partial charge is 0.371 e. The van der Waals surface area contributed by atoms with E-state index in [1.165, 1.54) is 11.3 Å². The highest BCUT2D eigenvalue weighted by molar-refractivity contribution is 7.15. The molecular weight excluding hydrogens is 372 g/mol. The van der Waals surface area contributed by atoms with Crippen molar-refractivity contribution in [2.45, 2.75) is 39.3 Å². The van der Waals surface area contributed by atoms with Crippen LogP contribution in [-0.2, 0) is 11.3 Å². The van der Waals surface area contributed by atoms with E-state index in [1.807, 2.05) is 36.6 Å². The van der Waals surface area contributed by atoms with E-state index in [9.17, 15) is 4.79 Å². The van der Waals surface area contributed by atoms with Crippen molar-refractivity contribution in [2.24, 2.45) is 0 Å². The molecule has 0 saturated carbocycles. The summed E-state index contributed by atoms with van der Waals surface area (Å²) >= 11 is 7.50. The number of fused-ring (bicyclic) bond motifs is 1. The van der Waals surface area contributed by atoms with Crippen LogP contribution in [0.2, 0.25) is 5.02 Å². The maximum Gasteiger partial charge on any atom is 0.274 e. The zero-order valence-electron chi connectivity index (χ0n) is 14.6. The predicted octanol–water partition coefficient (Wildman–Crippen LogP) is 4.58. The molecule has 1 atom stereocenters. The summed E-state index contributed by atoms with van der Waals surface area (Å²) in [6.45, 7) is 5.40. The maximum absolute atomic E-state index is 12.9. The van der Waals surface area contributed by atoms with Crippen LogP contribution in [0.1, 0.15) is 46.9 Å². The van der Waals surface area contributed by atoms with E-state index in [-0.39, 0.29) is 12.0 Å². The monoisotopic (exact) mass is 390 g/mol. The van der Waals surface area contributed by atoms with Crippen molar-refractivity contribution in [3.05, 3.63) is 39.5 Å². The first-order valence-corrected chi connectivity index (χ1v) is 9.82. The van der Waals surface area contributed by atoms with Gasteiger partial charge >= 0.3 is 0 Å². The molecule has 0 radical (unpaired) electrons. The second-order valence-corrected chi connectivity index (χ2v) is 7.73. The summed E-state index contributed by atoms with van der Waals surface area (Å²) in [6.07, 6.45) is 1.99. The van der Waals surface area contributed by atoms with Gasteiger partial charge in [0.1, 0.15) is 16.8 Å². The Bertz CT molecular complexity index is 975. The Hall–Kier alpha value is -1.96. The third-order valence-electron chi connectivity index (χ3n) is 4.68. The minimum absolute atomic E-state index is 0.00382. The van der Waals surface area contributed by atoms with Crippen molar-refractivity contribution >= 4 is 44.9 Å². The minimum atomic E-state index is -0.188. The molecule has 1 aliphatic heterocycles. The van der Waals surface area contributed by atoms with Gasteiger partial charge in [0.25, 0.3) is 5.91 Å². The van der Waals surface area contributed by atoms with E-state index in [4.69, 9.17) is 16.3 Å². The number of rotatable bonds is 4. The fraction of sp³-hybridized carbons (Fsp3) is 0.389. The SMILES string of the molecule is CCn1c(C(=O)Nc2nnc(C3CCCO3)s2)c(C)c2cc(Cl)ccc21. The molecule has 8 heteroatoms. The van der Waals surface area contributed by atoms with Gasteiger partial charge in [-0.25, -0.2) is 0 Å². The van der Waals surface area contributed by atoms with E-state index >= 15 is 0 Å². The second-order valence-electron chi connectivity index (χ2n) is 6.28. The number of nitrogens with zero attached hydrogens (tertiary/aromatic N) is 3. The van der Waals surface area contributed by atoms with E-state index in [2.05, 4.69) is 15.5 Å². The highest BCUT2D eigenvalue weighted by Crippen LogP contribution is 2.33. The number of carbonyl (C=O) groups is 1. The van der Waals surface area contributed by atoms with Gasteiger partial charge < -0.3 is 9.30 Å². The van der Waals surface area contributed by atoms with Crippen molar-refractivity contribution in [3.8, 4) is 0 Å². The van der Waals surface area contributed by atoms with Crippen LogP contribution in [-0.4, -0.2) is 27.3 Å². The van der Waals surface area contributed by atoms with Crippen molar-refractivity contribution in [2.75, 3.05) is 11.9 Å². The number of carbonyl (C=O) groups excluding carboxylic acids is 1. The molecule has 2 aromatic heterocycles. The number of anilines is 1. The number of hydrogen-bond donors (Lipinski definition) is 1. The Kier molecular flexibility index (Phi) is 4.69. The van der Waals surface area contributed by atoms with Crippen LogP contribution in [0.4, 0.5) is 5.13 Å². The summed E-state index contributed by atoms with van der Waals surface area (Å²) in [6, 6.07) is 5.69. The van der Waals surface area contributed by atoms with Crippen LogP contribution in [0, 0.1) is 6.92 Å². The summed E-state index contributed by atoms with van der Waals surface area (Å²) < 4.78 is 7.63. The molecule has 4 rings (SSSR count). The fourth-order valence-electron chi connectivity index (χ4n) is 3.46. The van der Waals surface area contributed by atoms with Gasteiger partial charge in [0, 0.05) is 29.1 Å². The molecule has 1 aromatic carbocycles. The molecule has 136 valence electrons. The Morgan fingerprint density at radius 1 is 1.46 bits per heavy atom. The normalized spacial score (nSPS) is 17.1. The lowest BCUT2D eigenvalue weighted by Gasteiger charge is -2.08. The number of halogens is 1. The van der Waals surface area contributed by atoms with E-state index in [0.717, 1.165) is 40.9 Å². The van der Waals surface area contributed by atoms with Crippen LogP contribution in [0.15, 0.2) is 18.2 Å². The average molecular weight is 391 g/mol. The highest BCUT2D eigenvalue weighted by atomic mass is 35.5. The van der Waals surface area contributed by atoms with Gasteiger partial charge in [-0.15, -0.1) is 10.2 Å². The van der Waals surface area contributed by atoms with Crippen LogP contribution in [0.3, 0.4) is 0 Å². The van der Waals surface area contributed by atoms with Gasteiger partial charge in [-0.3, -0.25) is 10.1 Å². The number of aromatic nitrogens is 3. The zero-order valence-corrected chi connectivity index (χ0v) is 16.2. The lowest BCUT2D eigenvalue weighted by atomic mass is 10.1. The average Bonchev–Trinajstić information content (AvgIpc) is 3.34. The molecule has 1 fully saturated rings. The van der Waals surface area contributed by atoms with E-state index in [0.29, 0.717) is 22.4 Å². The summed E-state index contributed by atoms with van der Waals surface area (Å²) in [4.78, 5) is 12.9. The molecule has 1 unspecified atom stereocenters. The predicted molar refractivity (Wildman–Crippen MR) is 103 cm³/mol. The molecule has 0 bridgehead atoms. The smallest absolute Gasteiger partial charge is 0.274 e. The number of benzene rings is 1. The van der Waals surface area contributed by atoms with Gasteiger partial charge in [-0.2, -0.15) is 0 Å². The molecule has 3 aromatic rings. The third kappa shape index (κ3) is 3.00. The summed E-state index contributed by atoms with van der Waals surface area (Å²) in [7, 11) is 0. The fourth-order valence-corrected chi connectivity index (χ4v) is 4.45. The van der Waals surface area contributed by atoms with Gasteiger partial charge in [-0.1, -0.05) is 22.9 Å². The maximum atomic E-state index is 12.9. The van der Waals surface area contributed by atoms with E-state index in [1.54, 1.807) is 0 Å². The molecule has 0 aliphatic carbocycles. The third-order valence-corrected chi connectivity index (χ3v) is 5.84. The molecule has 6 nitrogen and oxygen atoms in total. The lowest BCUT2D eigenvalue weighted by Crippen LogP contribution is -2.17. The van der Waals surface area contributed by atoms with E-state index < -0.39 is 0 Å². The first-order valence-electron chi connectivity index (χ1n) is 8.63. The molecule has 3 heterocycles. The van der Waals surface area contributed by atoms with Gasteiger partial charge in [-0.05, 0) is 50.5 Å². The van der Waals surface area contributed by atoms with Crippen LogP contribution < -0.4 is 5.32 Å². The van der Waals surface area contributed by atoms with Crippen LogP contribution in [0.25, 0.3) is 10.9 Å². The van der Waals surface area contributed by atoms with Gasteiger partial charge in [0.15, 0.2) is 0 Å². The molecule has 1 aliphatic rings. The number of nitrogens with one attached hydrogen (secondary N) is 1. The minimum Gasteiger partial charge on any atom is -0.371 e. The van der Waals surface area contributed by atoms with Gasteiger partial charge in [0.2, 0.25) is 5.13 Å². The molecular formula is C18H19ClN4O2S. The van der Waals surface area contributed by atoms with Gasteiger partial charge in [0.05, 0.1) is 0 Å². The van der Waals surface area contributed by atoms with Crippen molar-refractivity contribution < 1.29 is 9.53 Å². The topological polar surface area (TPSA) is 69.0 Å². The molecule has 0 spiro atoms. The number of amides is 1. The lowest BCUT2D eigenvalue weighted by molar-refractivity contribution is 0.101. The van der Waals surface area contributed by atoms with Crippen LogP contribution in [0.5, 0.6) is 0 Å². The summed E-state index contributed by atoms with van der Waals surface area (Å²) in [5, 5.41) is 14.1. The molecule has 1 amide bonds. The zero-order chi connectivity index (χ0) is 18.3. The molecule has 26 heavy (non-hydrogen) atoms. The van der Waals surface area contributed by atoms with Crippen molar-refractivity contribution in [1.29, 1.82) is 0 Å².